The Morgan fingerprint density at radius 1 is 0.960 bits per heavy atom. The molecule has 0 unspecified atom stereocenters. The monoisotopic (exact) mass is 332 g/mol. The van der Waals surface area contributed by atoms with Crippen LogP contribution in [0.15, 0.2) is 67.1 Å². The number of anilines is 1. The van der Waals surface area contributed by atoms with Crippen molar-refractivity contribution < 1.29 is 4.79 Å². The van der Waals surface area contributed by atoms with Crippen LogP contribution in [0.25, 0.3) is 11.0 Å². The van der Waals surface area contributed by atoms with Crippen molar-refractivity contribution >= 4 is 22.8 Å². The highest BCUT2D eigenvalue weighted by atomic mass is 16.2. The predicted molar refractivity (Wildman–Crippen MR) is 93.9 cm³/mol. The molecule has 1 aromatic carbocycles. The molecule has 1 N–H and O–H groups in total. The number of carbonyl (C=O) groups is 1. The van der Waals surface area contributed by atoms with Crippen molar-refractivity contribution in [2.75, 3.05) is 5.32 Å². The molecule has 7 nitrogen and oxygen atoms in total. The van der Waals surface area contributed by atoms with Gasteiger partial charge in [-0.2, -0.15) is 10.2 Å². The van der Waals surface area contributed by atoms with E-state index < -0.39 is 0 Å². The minimum atomic E-state index is -0.175. The van der Waals surface area contributed by atoms with E-state index in [2.05, 4.69) is 20.5 Å². The fourth-order valence-corrected chi connectivity index (χ4v) is 2.67. The number of fused-ring (bicyclic) bond motifs is 1. The van der Waals surface area contributed by atoms with E-state index in [0.717, 1.165) is 10.9 Å². The minimum absolute atomic E-state index is 0.0943. The smallest absolute Gasteiger partial charge is 0.247 e. The van der Waals surface area contributed by atoms with Gasteiger partial charge >= 0.3 is 0 Å². The maximum Gasteiger partial charge on any atom is 0.247 e. The zero-order valence-electron chi connectivity index (χ0n) is 13.4. The number of nitrogens with one attached hydrogen (secondary N) is 1. The minimum Gasteiger partial charge on any atom is -0.309 e. The van der Waals surface area contributed by atoms with E-state index >= 15 is 0 Å². The number of pyridine rings is 1. The zero-order chi connectivity index (χ0) is 17.1. The maximum atomic E-state index is 12.4. The van der Waals surface area contributed by atoms with E-state index in [1.54, 1.807) is 34.0 Å². The summed E-state index contributed by atoms with van der Waals surface area (Å²) in [4.78, 5) is 16.7. The number of benzene rings is 1. The van der Waals surface area contributed by atoms with E-state index in [4.69, 9.17) is 0 Å². The van der Waals surface area contributed by atoms with E-state index in [9.17, 15) is 4.79 Å². The molecule has 0 radical (unpaired) electrons. The van der Waals surface area contributed by atoms with Crippen LogP contribution in [0.1, 0.15) is 5.56 Å². The van der Waals surface area contributed by atoms with Gasteiger partial charge in [0.2, 0.25) is 5.91 Å². The summed E-state index contributed by atoms with van der Waals surface area (Å²) >= 11 is 0. The fraction of sp³-hybridized carbons (Fsp3) is 0.111. The lowest BCUT2D eigenvalue weighted by Gasteiger charge is -2.09. The van der Waals surface area contributed by atoms with Gasteiger partial charge in [0.1, 0.15) is 12.4 Å². The van der Waals surface area contributed by atoms with Crippen molar-refractivity contribution in [3.8, 4) is 0 Å². The summed E-state index contributed by atoms with van der Waals surface area (Å²) < 4.78 is 3.34. The molecule has 0 aliphatic rings. The molecule has 7 heteroatoms. The Labute approximate surface area is 143 Å². The van der Waals surface area contributed by atoms with Gasteiger partial charge in [-0.1, -0.05) is 30.3 Å². The first-order valence-corrected chi connectivity index (χ1v) is 7.92. The van der Waals surface area contributed by atoms with Gasteiger partial charge in [0.05, 0.1) is 18.9 Å². The second-order valence-electron chi connectivity index (χ2n) is 5.63. The zero-order valence-corrected chi connectivity index (χ0v) is 13.4. The number of carbonyl (C=O) groups excluding carboxylic acids is 1. The van der Waals surface area contributed by atoms with Gasteiger partial charge < -0.3 is 5.32 Å². The summed E-state index contributed by atoms with van der Waals surface area (Å²) in [5.41, 5.74) is 1.81. The Hall–Kier alpha value is -3.48. The molecule has 0 saturated heterocycles. The summed E-state index contributed by atoms with van der Waals surface area (Å²) in [6.07, 6.45) is 5.06. The molecule has 124 valence electrons. The molecule has 3 heterocycles. The predicted octanol–water partition coefficient (Wildman–Crippen LogP) is 2.31. The summed E-state index contributed by atoms with van der Waals surface area (Å²) in [5.74, 6) is 0.476. The molecular weight excluding hydrogens is 316 g/mol. The van der Waals surface area contributed by atoms with Crippen LogP contribution in [0, 0.1) is 0 Å². The third kappa shape index (κ3) is 3.25. The quantitative estimate of drug-likeness (QED) is 0.608. The van der Waals surface area contributed by atoms with Crippen LogP contribution in [-0.4, -0.2) is 30.5 Å². The first kappa shape index (κ1) is 15.1. The summed E-state index contributed by atoms with van der Waals surface area (Å²) in [6, 6.07) is 15.5. The molecule has 0 aliphatic carbocycles. The third-order valence-corrected chi connectivity index (χ3v) is 3.85. The lowest BCUT2D eigenvalue weighted by atomic mass is 10.2. The second-order valence-corrected chi connectivity index (χ2v) is 5.63. The van der Waals surface area contributed by atoms with Crippen LogP contribution in [0.2, 0.25) is 0 Å². The summed E-state index contributed by atoms with van der Waals surface area (Å²) in [6.45, 7) is 0.687. The molecule has 0 fully saturated rings. The van der Waals surface area contributed by atoms with E-state index in [0.29, 0.717) is 18.0 Å². The average molecular weight is 332 g/mol. The topological polar surface area (TPSA) is 77.6 Å². The highest BCUT2D eigenvalue weighted by Crippen LogP contribution is 2.12. The second kappa shape index (κ2) is 6.56. The Morgan fingerprint density at radius 2 is 1.84 bits per heavy atom. The SMILES string of the molecule is O=C(Cn1ncc2cccnc21)Nc1ccnn1Cc1ccccc1. The molecule has 0 spiro atoms. The highest BCUT2D eigenvalue weighted by molar-refractivity contribution is 5.90. The maximum absolute atomic E-state index is 12.4. The summed E-state index contributed by atoms with van der Waals surface area (Å²) in [7, 11) is 0. The van der Waals surface area contributed by atoms with Crippen molar-refractivity contribution in [2.24, 2.45) is 0 Å². The average Bonchev–Trinajstić information content (AvgIpc) is 3.23. The fourth-order valence-electron chi connectivity index (χ4n) is 2.67. The Kier molecular flexibility index (Phi) is 3.96. The Bertz CT molecular complexity index is 1000. The molecule has 4 aromatic rings. The number of rotatable bonds is 5. The molecule has 1 amide bonds. The van der Waals surface area contributed by atoms with Crippen LogP contribution in [0.5, 0.6) is 0 Å². The van der Waals surface area contributed by atoms with Crippen LogP contribution in [-0.2, 0) is 17.9 Å². The number of aromatic nitrogens is 5. The molecule has 3 aromatic heterocycles. The lowest BCUT2D eigenvalue weighted by Crippen LogP contribution is -2.21. The van der Waals surface area contributed by atoms with Gasteiger partial charge in [-0.25, -0.2) is 14.3 Å². The number of hydrogen-bond acceptors (Lipinski definition) is 4. The molecule has 0 bridgehead atoms. The van der Waals surface area contributed by atoms with Crippen molar-refractivity contribution in [1.29, 1.82) is 0 Å². The number of amides is 1. The van der Waals surface area contributed by atoms with Crippen LogP contribution in [0.4, 0.5) is 5.82 Å². The lowest BCUT2D eigenvalue weighted by molar-refractivity contribution is -0.116. The van der Waals surface area contributed by atoms with Gasteiger partial charge in [0.25, 0.3) is 0 Å². The van der Waals surface area contributed by atoms with Crippen molar-refractivity contribution in [1.82, 2.24) is 24.5 Å². The molecule has 4 rings (SSSR count). The molecule has 25 heavy (non-hydrogen) atoms. The van der Waals surface area contributed by atoms with Gasteiger partial charge in [0.15, 0.2) is 5.65 Å². The first-order valence-electron chi connectivity index (χ1n) is 7.92. The van der Waals surface area contributed by atoms with Crippen molar-refractivity contribution in [2.45, 2.75) is 13.1 Å². The first-order chi connectivity index (χ1) is 12.3. The Balaban J connectivity index is 1.47. The molecular formula is C18H16N6O. The largest absolute Gasteiger partial charge is 0.309 e. The summed E-state index contributed by atoms with van der Waals surface area (Å²) in [5, 5.41) is 12.3. The van der Waals surface area contributed by atoms with Gasteiger partial charge in [-0.05, 0) is 17.7 Å². The number of nitrogens with zero attached hydrogens (tertiary/aromatic N) is 5. The third-order valence-electron chi connectivity index (χ3n) is 3.85. The van der Waals surface area contributed by atoms with E-state index in [1.165, 1.54) is 0 Å². The van der Waals surface area contributed by atoms with Crippen LogP contribution >= 0.6 is 0 Å². The van der Waals surface area contributed by atoms with Crippen LogP contribution < -0.4 is 5.32 Å². The van der Waals surface area contributed by atoms with Crippen molar-refractivity contribution in [3.63, 3.8) is 0 Å². The van der Waals surface area contributed by atoms with Crippen molar-refractivity contribution in [3.05, 3.63) is 72.7 Å². The van der Waals surface area contributed by atoms with Gasteiger partial charge in [-0.15, -0.1) is 0 Å². The van der Waals surface area contributed by atoms with Crippen LogP contribution in [0.3, 0.4) is 0 Å². The molecule has 0 aliphatic heterocycles. The van der Waals surface area contributed by atoms with E-state index in [1.807, 2.05) is 42.5 Å². The number of hydrogen-bond donors (Lipinski definition) is 1. The highest BCUT2D eigenvalue weighted by Gasteiger charge is 2.11. The Morgan fingerprint density at radius 3 is 2.72 bits per heavy atom. The molecule has 0 saturated carbocycles. The normalized spacial score (nSPS) is 10.9. The molecule has 0 atom stereocenters. The van der Waals surface area contributed by atoms with Gasteiger partial charge in [-0.3, -0.25) is 4.79 Å². The standard InChI is InChI=1S/C18H16N6O/c25-17(13-24-18-15(11-21-24)7-4-9-19-18)22-16-8-10-20-23(16)12-14-5-2-1-3-6-14/h1-11H,12-13H2,(H,22,25). The van der Waals surface area contributed by atoms with Gasteiger partial charge in [0, 0.05) is 17.6 Å². The van der Waals surface area contributed by atoms with E-state index in [-0.39, 0.29) is 12.5 Å².